The molecule has 1 aromatic heterocycles. The van der Waals surface area contributed by atoms with Gasteiger partial charge >= 0.3 is 0 Å². The lowest BCUT2D eigenvalue weighted by molar-refractivity contribution is -0.113. The molecular weight excluding hydrogens is 379 g/mol. The Morgan fingerprint density at radius 1 is 1.07 bits per heavy atom. The van der Waals surface area contributed by atoms with Crippen LogP contribution in [0.15, 0.2) is 64.1 Å². The van der Waals surface area contributed by atoms with E-state index in [0.717, 1.165) is 10.5 Å². The van der Waals surface area contributed by atoms with Crippen LogP contribution in [0.3, 0.4) is 0 Å². The maximum absolute atomic E-state index is 14.1. The van der Waals surface area contributed by atoms with E-state index in [2.05, 4.69) is 10.6 Å². The van der Waals surface area contributed by atoms with E-state index in [-0.39, 0.29) is 17.3 Å². The number of aryl methyl sites for hydroxylation is 2. The van der Waals surface area contributed by atoms with Crippen molar-refractivity contribution >= 4 is 35.0 Å². The molecule has 0 saturated carbocycles. The first-order valence-electron chi connectivity index (χ1n) is 8.57. The Balaban J connectivity index is 1.64. The van der Waals surface area contributed by atoms with Crippen LogP contribution in [0.5, 0.6) is 0 Å². The summed E-state index contributed by atoms with van der Waals surface area (Å²) in [6, 6.07) is 13.3. The van der Waals surface area contributed by atoms with Crippen LogP contribution in [0.1, 0.15) is 21.7 Å². The van der Waals surface area contributed by atoms with Crippen LogP contribution < -0.4 is 10.6 Å². The molecule has 0 spiro atoms. The molecule has 0 unspecified atom stereocenters. The fraction of sp³-hybridized carbons (Fsp3) is 0.143. The van der Waals surface area contributed by atoms with Crippen molar-refractivity contribution < 1.29 is 18.4 Å². The van der Waals surface area contributed by atoms with Gasteiger partial charge in [0.15, 0.2) is 0 Å². The van der Waals surface area contributed by atoms with Crippen LogP contribution in [0.2, 0.25) is 0 Å². The number of thioether (sulfide) groups is 1. The molecule has 2 amide bonds. The monoisotopic (exact) mass is 398 g/mol. The van der Waals surface area contributed by atoms with Gasteiger partial charge in [-0.3, -0.25) is 9.59 Å². The van der Waals surface area contributed by atoms with E-state index < -0.39 is 11.7 Å². The summed E-state index contributed by atoms with van der Waals surface area (Å²) in [5.41, 5.74) is 1.80. The van der Waals surface area contributed by atoms with Crippen molar-refractivity contribution in [3.63, 3.8) is 0 Å². The van der Waals surface area contributed by atoms with E-state index in [4.69, 9.17) is 4.42 Å². The first-order valence-corrected chi connectivity index (χ1v) is 9.56. The molecule has 0 aliphatic carbocycles. The van der Waals surface area contributed by atoms with E-state index in [0.29, 0.717) is 17.0 Å². The molecule has 28 heavy (non-hydrogen) atoms. The van der Waals surface area contributed by atoms with Crippen molar-refractivity contribution in [1.29, 1.82) is 0 Å². The molecule has 5 nitrogen and oxygen atoms in total. The van der Waals surface area contributed by atoms with Gasteiger partial charge in [-0.2, -0.15) is 0 Å². The molecule has 7 heteroatoms. The van der Waals surface area contributed by atoms with Gasteiger partial charge in [-0.25, -0.2) is 4.39 Å². The second-order valence-corrected chi connectivity index (χ2v) is 7.16. The van der Waals surface area contributed by atoms with Crippen LogP contribution in [-0.2, 0) is 4.79 Å². The van der Waals surface area contributed by atoms with Crippen LogP contribution in [0.4, 0.5) is 15.8 Å². The van der Waals surface area contributed by atoms with Gasteiger partial charge in [-0.1, -0.05) is 18.2 Å². The predicted octanol–water partition coefficient (Wildman–Crippen LogP) is 5.02. The van der Waals surface area contributed by atoms with E-state index in [1.807, 2.05) is 31.2 Å². The summed E-state index contributed by atoms with van der Waals surface area (Å²) in [7, 11) is 0. The van der Waals surface area contributed by atoms with Crippen molar-refractivity contribution in [2.24, 2.45) is 0 Å². The van der Waals surface area contributed by atoms with Gasteiger partial charge < -0.3 is 15.1 Å². The summed E-state index contributed by atoms with van der Waals surface area (Å²) in [6.07, 6.45) is 1.39. The summed E-state index contributed by atoms with van der Waals surface area (Å²) in [6.45, 7) is 3.63. The number of furan rings is 1. The number of nitrogens with one attached hydrogen (secondary N) is 2. The molecule has 0 atom stereocenters. The van der Waals surface area contributed by atoms with Crippen molar-refractivity contribution in [3.05, 3.63) is 77.5 Å². The Morgan fingerprint density at radius 2 is 1.86 bits per heavy atom. The SMILES string of the molecule is Cc1ccccc1SCC(=O)Nc1ccc(F)c(NC(=O)c2ccoc2C)c1. The number of hydrogen-bond donors (Lipinski definition) is 2. The quantitative estimate of drug-likeness (QED) is 0.572. The number of rotatable bonds is 6. The van der Waals surface area contributed by atoms with Gasteiger partial charge in [0.2, 0.25) is 5.91 Å². The van der Waals surface area contributed by atoms with E-state index in [1.54, 1.807) is 6.92 Å². The molecule has 144 valence electrons. The lowest BCUT2D eigenvalue weighted by Crippen LogP contribution is -2.16. The summed E-state index contributed by atoms with van der Waals surface area (Å²) in [5.74, 6) is -0.637. The maximum Gasteiger partial charge on any atom is 0.259 e. The fourth-order valence-corrected chi connectivity index (χ4v) is 3.40. The third-order valence-corrected chi connectivity index (χ3v) is 5.23. The van der Waals surface area contributed by atoms with Gasteiger partial charge in [0, 0.05) is 10.6 Å². The molecule has 3 rings (SSSR count). The molecule has 0 saturated heterocycles. The minimum absolute atomic E-state index is 0.0186. The number of carbonyl (C=O) groups excluding carboxylic acids is 2. The summed E-state index contributed by atoms with van der Waals surface area (Å²) in [4.78, 5) is 25.5. The molecule has 0 fully saturated rings. The first kappa shape index (κ1) is 19.7. The second kappa shape index (κ2) is 8.75. The molecule has 3 aromatic rings. The highest BCUT2D eigenvalue weighted by molar-refractivity contribution is 8.00. The van der Waals surface area contributed by atoms with Crippen LogP contribution in [0.25, 0.3) is 0 Å². The third kappa shape index (κ3) is 4.80. The van der Waals surface area contributed by atoms with Gasteiger partial charge in [0.1, 0.15) is 11.6 Å². The smallest absolute Gasteiger partial charge is 0.259 e. The second-order valence-electron chi connectivity index (χ2n) is 6.14. The zero-order valence-corrected chi connectivity index (χ0v) is 16.2. The lowest BCUT2D eigenvalue weighted by atomic mass is 10.2. The zero-order valence-electron chi connectivity index (χ0n) is 15.4. The van der Waals surface area contributed by atoms with Gasteiger partial charge in [0.05, 0.1) is 23.3 Å². The number of hydrogen-bond acceptors (Lipinski definition) is 4. The van der Waals surface area contributed by atoms with Crippen molar-refractivity contribution in [2.75, 3.05) is 16.4 Å². The van der Waals surface area contributed by atoms with Crippen molar-refractivity contribution in [3.8, 4) is 0 Å². The van der Waals surface area contributed by atoms with Gasteiger partial charge in [0.25, 0.3) is 5.91 Å². The van der Waals surface area contributed by atoms with Crippen LogP contribution in [-0.4, -0.2) is 17.6 Å². The lowest BCUT2D eigenvalue weighted by Gasteiger charge is -2.10. The Labute approximate surface area is 166 Å². The van der Waals surface area contributed by atoms with Gasteiger partial charge in [-0.15, -0.1) is 11.8 Å². The highest BCUT2D eigenvalue weighted by atomic mass is 32.2. The number of carbonyl (C=O) groups is 2. The highest BCUT2D eigenvalue weighted by Crippen LogP contribution is 2.24. The fourth-order valence-electron chi connectivity index (χ4n) is 2.57. The summed E-state index contributed by atoms with van der Waals surface area (Å²) in [5, 5.41) is 5.22. The van der Waals surface area contributed by atoms with Crippen LogP contribution >= 0.6 is 11.8 Å². The molecule has 0 aliphatic heterocycles. The van der Waals surface area contributed by atoms with Crippen molar-refractivity contribution in [1.82, 2.24) is 0 Å². The zero-order chi connectivity index (χ0) is 20.1. The largest absolute Gasteiger partial charge is 0.469 e. The van der Waals surface area contributed by atoms with E-state index in [9.17, 15) is 14.0 Å². The molecule has 0 bridgehead atoms. The first-order chi connectivity index (χ1) is 13.4. The van der Waals surface area contributed by atoms with Gasteiger partial charge in [-0.05, 0) is 49.7 Å². The number of anilines is 2. The molecular formula is C21H19FN2O3S. The average Bonchev–Trinajstić information content (AvgIpc) is 3.10. The highest BCUT2D eigenvalue weighted by Gasteiger charge is 2.14. The number of amides is 2. The Hall–Kier alpha value is -3.06. The molecule has 2 N–H and O–H groups in total. The van der Waals surface area contributed by atoms with Crippen molar-refractivity contribution in [2.45, 2.75) is 18.7 Å². The topological polar surface area (TPSA) is 71.3 Å². The van der Waals surface area contributed by atoms with E-state index >= 15 is 0 Å². The third-order valence-electron chi connectivity index (χ3n) is 4.05. The van der Waals surface area contributed by atoms with E-state index in [1.165, 1.54) is 42.3 Å². The number of benzene rings is 2. The molecule has 0 radical (unpaired) electrons. The number of halogens is 1. The predicted molar refractivity (Wildman–Crippen MR) is 108 cm³/mol. The average molecular weight is 398 g/mol. The molecule has 2 aromatic carbocycles. The normalized spacial score (nSPS) is 10.5. The maximum atomic E-state index is 14.1. The standard InChI is InChI=1S/C21H19FN2O3S/c1-13-5-3-4-6-19(13)28-12-20(25)23-15-7-8-17(22)18(11-15)24-21(26)16-9-10-27-14(16)2/h3-11H,12H2,1-2H3,(H,23,25)(H,24,26). The summed E-state index contributed by atoms with van der Waals surface area (Å²) >= 11 is 1.43. The summed E-state index contributed by atoms with van der Waals surface area (Å²) < 4.78 is 19.2. The molecule has 0 aliphatic rings. The molecule has 1 heterocycles. The Kier molecular flexibility index (Phi) is 6.16. The Morgan fingerprint density at radius 3 is 2.57 bits per heavy atom. The minimum atomic E-state index is -0.596. The minimum Gasteiger partial charge on any atom is -0.469 e. The van der Waals surface area contributed by atoms with Crippen LogP contribution in [0, 0.1) is 19.7 Å². The Bertz CT molecular complexity index is 1020.